The molecule has 3 aromatic carbocycles. The first kappa shape index (κ1) is 16.1. The monoisotopic (exact) mass is 342 g/mol. The van der Waals surface area contributed by atoms with Gasteiger partial charge >= 0.3 is 0 Å². The third-order valence-electron chi connectivity index (χ3n) is 4.32. The van der Waals surface area contributed by atoms with Crippen LogP contribution < -0.4 is 5.32 Å². The molecule has 0 aliphatic heterocycles. The number of anilines is 1. The zero-order chi connectivity index (χ0) is 18.1. The highest BCUT2D eigenvalue weighted by Gasteiger charge is 2.11. The quantitative estimate of drug-likeness (QED) is 0.545. The fourth-order valence-corrected chi connectivity index (χ4v) is 2.88. The Kier molecular flexibility index (Phi) is 4.01. The highest BCUT2D eigenvalue weighted by molar-refractivity contribution is 6.05. The molecule has 26 heavy (non-hydrogen) atoms. The van der Waals surface area contributed by atoms with Crippen molar-refractivity contribution in [2.24, 2.45) is 0 Å². The van der Waals surface area contributed by atoms with Gasteiger partial charge in [-0.1, -0.05) is 24.3 Å². The number of benzene rings is 3. The fourth-order valence-electron chi connectivity index (χ4n) is 2.88. The van der Waals surface area contributed by atoms with Gasteiger partial charge in [-0.15, -0.1) is 0 Å². The zero-order valence-electron chi connectivity index (χ0n) is 14.6. The van der Waals surface area contributed by atoms with Gasteiger partial charge in [0.1, 0.15) is 5.52 Å². The van der Waals surface area contributed by atoms with Crippen molar-refractivity contribution in [1.82, 2.24) is 4.98 Å². The topological polar surface area (TPSA) is 55.1 Å². The SMILES string of the molecule is Cc1ccc2oc(-c3ccc(NC(=O)c4ccccc4C)cc3)nc2c1. The average molecular weight is 342 g/mol. The van der Waals surface area contributed by atoms with Crippen LogP contribution in [0.3, 0.4) is 0 Å². The first-order chi connectivity index (χ1) is 12.6. The number of nitrogens with zero attached hydrogens (tertiary/aromatic N) is 1. The van der Waals surface area contributed by atoms with E-state index in [1.165, 1.54) is 0 Å². The van der Waals surface area contributed by atoms with Crippen LogP contribution in [-0.4, -0.2) is 10.9 Å². The second-order valence-corrected chi connectivity index (χ2v) is 6.34. The minimum absolute atomic E-state index is 0.117. The van der Waals surface area contributed by atoms with E-state index < -0.39 is 0 Å². The Morgan fingerprint density at radius 1 is 0.962 bits per heavy atom. The van der Waals surface area contributed by atoms with Crippen LogP contribution in [0.1, 0.15) is 21.5 Å². The van der Waals surface area contributed by atoms with E-state index in [0.29, 0.717) is 11.5 Å². The summed E-state index contributed by atoms with van der Waals surface area (Å²) < 4.78 is 5.82. The smallest absolute Gasteiger partial charge is 0.255 e. The summed E-state index contributed by atoms with van der Waals surface area (Å²) in [5.41, 5.74) is 5.97. The van der Waals surface area contributed by atoms with Crippen molar-refractivity contribution in [2.75, 3.05) is 5.32 Å². The number of oxazole rings is 1. The average Bonchev–Trinajstić information content (AvgIpc) is 3.05. The zero-order valence-corrected chi connectivity index (χ0v) is 14.6. The summed E-state index contributed by atoms with van der Waals surface area (Å²) in [4.78, 5) is 16.9. The molecule has 0 spiro atoms. The van der Waals surface area contributed by atoms with Crippen LogP contribution in [0.15, 0.2) is 71.1 Å². The lowest BCUT2D eigenvalue weighted by molar-refractivity contribution is 0.102. The second-order valence-electron chi connectivity index (χ2n) is 6.34. The van der Waals surface area contributed by atoms with Crippen LogP contribution in [-0.2, 0) is 0 Å². The molecule has 128 valence electrons. The number of aryl methyl sites for hydroxylation is 2. The first-order valence-corrected chi connectivity index (χ1v) is 8.45. The molecule has 4 aromatic rings. The van der Waals surface area contributed by atoms with Gasteiger partial charge < -0.3 is 9.73 Å². The summed E-state index contributed by atoms with van der Waals surface area (Å²) in [6, 6.07) is 20.9. The Labute approximate surface area is 151 Å². The third-order valence-corrected chi connectivity index (χ3v) is 4.32. The van der Waals surface area contributed by atoms with Crippen LogP contribution in [0.25, 0.3) is 22.6 Å². The molecular formula is C22H18N2O2. The highest BCUT2D eigenvalue weighted by Crippen LogP contribution is 2.26. The Morgan fingerprint density at radius 3 is 2.50 bits per heavy atom. The van der Waals surface area contributed by atoms with Crippen molar-refractivity contribution in [3.05, 3.63) is 83.4 Å². The van der Waals surface area contributed by atoms with E-state index in [9.17, 15) is 4.79 Å². The summed E-state index contributed by atoms with van der Waals surface area (Å²) in [5.74, 6) is 0.454. The summed E-state index contributed by atoms with van der Waals surface area (Å²) in [6.45, 7) is 3.95. The summed E-state index contributed by atoms with van der Waals surface area (Å²) >= 11 is 0. The molecule has 0 fully saturated rings. The van der Waals surface area contributed by atoms with Gasteiger partial charge in [0.15, 0.2) is 5.58 Å². The van der Waals surface area contributed by atoms with Crippen LogP contribution in [0.5, 0.6) is 0 Å². The van der Waals surface area contributed by atoms with Gasteiger partial charge in [0.25, 0.3) is 5.91 Å². The van der Waals surface area contributed by atoms with Gasteiger partial charge in [-0.05, 0) is 67.4 Å². The minimum Gasteiger partial charge on any atom is -0.436 e. The molecule has 4 heteroatoms. The third kappa shape index (κ3) is 3.09. The van der Waals surface area contributed by atoms with Crippen molar-refractivity contribution in [1.29, 1.82) is 0 Å². The van der Waals surface area contributed by atoms with Crippen molar-refractivity contribution in [3.63, 3.8) is 0 Å². The predicted molar refractivity (Wildman–Crippen MR) is 103 cm³/mol. The van der Waals surface area contributed by atoms with Gasteiger partial charge in [0, 0.05) is 16.8 Å². The number of fused-ring (bicyclic) bond motifs is 1. The van der Waals surface area contributed by atoms with E-state index in [-0.39, 0.29) is 5.91 Å². The normalized spacial score (nSPS) is 10.8. The van der Waals surface area contributed by atoms with Gasteiger partial charge in [-0.25, -0.2) is 4.98 Å². The molecule has 0 aliphatic rings. The van der Waals surface area contributed by atoms with Crippen LogP contribution >= 0.6 is 0 Å². The predicted octanol–water partition coefficient (Wildman–Crippen LogP) is 5.36. The van der Waals surface area contributed by atoms with Crippen LogP contribution in [0.4, 0.5) is 5.69 Å². The van der Waals surface area contributed by atoms with Crippen molar-refractivity contribution in [3.8, 4) is 11.5 Å². The lowest BCUT2D eigenvalue weighted by Gasteiger charge is -2.07. The van der Waals surface area contributed by atoms with Gasteiger partial charge in [0.2, 0.25) is 5.89 Å². The summed E-state index contributed by atoms with van der Waals surface area (Å²) in [5, 5.41) is 2.92. The van der Waals surface area contributed by atoms with Crippen LogP contribution in [0.2, 0.25) is 0 Å². The molecule has 0 atom stereocenters. The number of carbonyl (C=O) groups is 1. The molecule has 1 amide bonds. The number of hydrogen-bond acceptors (Lipinski definition) is 3. The molecular weight excluding hydrogens is 324 g/mol. The standard InChI is InChI=1S/C22H18N2O2/c1-14-7-12-20-19(13-14)24-22(26-20)16-8-10-17(11-9-16)23-21(25)18-6-4-3-5-15(18)2/h3-13H,1-2H3,(H,23,25). The maximum atomic E-state index is 12.4. The van der Waals surface area contributed by atoms with E-state index in [2.05, 4.69) is 10.3 Å². The van der Waals surface area contributed by atoms with E-state index in [1.54, 1.807) is 0 Å². The Bertz CT molecular complexity index is 1090. The summed E-state index contributed by atoms with van der Waals surface area (Å²) in [6.07, 6.45) is 0. The van der Waals surface area contributed by atoms with E-state index >= 15 is 0 Å². The molecule has 4 rings (SSSR count). The minimum atomic E-state index is -0.117. The Morgan fingerprint density at radius 2 is 1.73 bits per heavy atom. The molecule has 1 heterocycles. The van der Waals surface area contributed by atoms with Crippen molar-refractivity contribution < 1.29 is 9.21 Å². The second kappa shape index (κ2) is 6.48. The maximum absolute atomic E-state index is 12.4. The molecule has 0 aliphatic carbocycles. The molecule has 0 saturated carbocycles. The lowest BCUT2D eigenvalue weighted by atomic mass is 10.1. The van der Waals surface area contributed by atoms with E-state index in [0.717, 1.165) is 33.5 Å². The Balaban J connectivity index is 1.56. The van der Waals surface area contributed by atoms with Gasteiger partial charge in [-0.3, -0.25) is 4.79 Å². The van der Waals surface area contributed by atoms with Crippen molar-refractivity contribution >= 4 is 22.7 Å². The molecule has 0 radical (unpaired) electrons. The number of aromatic nitrogens is 1. The largest absolute Gasteiger partial charge is 0.436 e. The lowest BCUT2D eigenvalue weighted by Crippen LogP contribution is -2.13. The van der Waals surface area contributed by atoms with Crippen LogP contribution in [0, 0.1) is 13.8 Å². The molecule has 0 saturated heterocycles. The van der Waals surface area contributed by atoms with Gasteiger partial charge in [0.05, 0.1) is 0 Å². The van der Waals surface area contributed by atoms with E-state index in [1.807, 2.05) is 80.6 Å². The fraction of sp³-hybridized carbons (Fsp3) is 0.0909. The summed E-state index contributed by atoms with van der Waals surface area (Å²) in [7, 11) is 0. The molecule has 1 aromatic heterocycles. The number of carbonyl (C=O) groups excluding carboxylic acids is 1. The highest BCUT2D eigenvalue weighted by atomic mass is 16.3. The van der Waals surface area contributed by atoms with E-state index in [4.69, 9.17) is 4.42 Å². The molecule has 1 N–H and O–H groups in total. The number of rotatable bonds is 3. The van der Waals surface area contributed by atoms with Gasteiger partial charge in [-0.2, -0.15) is 0 Å². The maximum Gasteiger partial charge on any atom is 0.255 e. The number of amides is 1. The molecule has 0 bridgehead atoms. The molecule has 4 nitrogen and oxygen atoms in total. The molecule has 0 unspecified atom stereocenters. The number of hydrogen-bond donors (Lipinski definition) is 1. The van der Waals surface area contributed by atoms with Crippen molar-refractivity contribution in [2.45, 2.75) is 13.8 Å². The Hall–Kier alpha value is -3.40. The number of nitrogens with one attached hydrogen (secondary N) is 1. The first-order valence-electron chi connectivity index (χ1n) is 8.45.